The Bertz CT molecular complexity index is 557. The molecule has 0 saturated carbocycles. The van der Waals surface area contributed by atoms with Crippen LogP contribution in [0, 0.1) is 6.92 Å². The molecule has 0 unspecified atom stereocenters. The van der Waals surface area contributed by atoms with E-state index in [0.29, 0.717) is 12.3 Å². The number of carbonyl (C=O) groups is 3. The van der Waals surface area contributed by atoms with E-state index >= 15 is 0 Å². The van der Waals surface area contributed by atoms with Crippen molar-refractivity contribution in [3.63, 3.8) is 0 Å². The van der Waals surface area contributed by atoms with Crippen LogP contribution in [0.5, 0.6) is 5.75 Å². The van der Waals surface area contributed by atoms with Gasteiger partial charge >= 0.3 is 12.0 Å². The van der Waals surface area contributed by atoms with Crippen LogP contribution in [0.4, 0.5) is 4.79 Å². The highest BCUT2D eigenvalue weighted by atomic mass is 16.5. The van der Waals surface area contributed by atoms with E-state index < -0.39 is 24.5 Å². The zero-order chi connectivity index (χ0) is 16.5. The van der Waals surface area contributed by atoms with Crippen LogP contribution in [0.2, 0.25) is 0 Å². The highest BCUT2D eigenvalue weighted by Crippen LogP contribution is 2.19. The van der Waals surface area contributed by atoms with Crippen LogP contribution in [0.25, 0.3) is 0 Å². The number of urea groups is 1. The van der Waals surface area contributed by atoms with Gasteiger partial charge in [-0.25, -0.2) is 9.59 Å². The van der Waals surface area contributed by atoms with Crippen LogP contribution >= 0.6 is 0 Å². The summed E-state index contributed by atoms with van der Waals surface area (Å²) in [6.45, 7) is 3.66. The molecule has 3 amide bonds. The summed E-state index contributed by atoms with van der Waals surface area (Å²) in [6.07, 6.45) is 0.756. The van der Waals surface area contributed by atoms with Gasteiger partial charge in [-0.05, 0) is 31.0 Å². The second-order valence-corrected chi connectivity index (χ2v) is 4.56. The maximum absolute atomic E-state index is 11.8. The minimum absolute atomic E-state index is 0.269. The van der Waals surface area contributed by atoms with Crippen molar-refractivity contribution in [3.05, 3.63) is 29.3 Å². The Hall–Kier alpha value is -2.57. The third-order valence-electron chi connectivity index (χ3n) is 2.77. The lowest BCUT2D eigenvalue weighted by molar-refractivity contribution is -0.123. The molecule has 1 aromatic carbocycles. The van der Waals surface area contributed by atoms with E-state index in [1.165, 1.54) is 13.2 Å². The number of amides is 3. The Morgan fingerprint density at radius 1 is 1.23 bits per heavy atom. The van der Waals surface area contributed by atoms with E-state index in [9.17, 15) is 14.4 Å². The quantitative estimate of drug-likeness (QED) is 0.775. The number of rotatable bonds is 6. The van der Waals surface area contributed by atoms with Gasteiger partial charge in [0.2, 0.25) is 0 Å². The zero-order valence-electron chi connectivity index (χ0n) is 12.9. The molecule has 2 N–H and O–H groups in total. The fourth-order valence-electron chi connectivity index (χ4n) is 1.61. The Balaban J connectivity index is 2.49. The van der Waals surface area contributed by atoms with Crippen molar-refractivity contribution in [1.82, 2.24) is 10.6 Å². The zero-order valence-corrected chi connectivity index (χ0v) is 12.9. The molecule has 0 aliphatic rings. The molecule has 0 fully saturated rings. The molecule has 0 aliphatic heterocycles. The number of nitrogens with one attached hydrogen (secondary N) is 2. The maximum atomic E-state index is 11.8. The highest BCUT2D eigenvalue weighted by Gasteiger charge is 2.13. The Labute approximate surface area is 129 Å². The van der Waals surface area contributed by atoms with Crippen molar-refractivity contribution in [2.24, 2.45) is 0 Å². The Kier molecular flexibility index (Phi) is 6.88. The number of ether oxygens (including phenoxy) is 2. The van der Waals surface area contributed by atoms with E-state index in [1.54, 1.807) is 12.1 Å². The molecule has 0 radical (unpaired) electrons. The molecule has 7 nitrogen and oxygen atoms in total. The summed E-state index contributed by atoms with van der Waals surface area (Å²) in [6, 6.07) is 4.21. The van der Waals surface area contributed by atoms with Crippen LogP contribution in [0.3, 0.4) is 0 Å². The van der Waals surface area contributed by atoms with Crippen molar-refractivity contribution in [2.45, 2.75) is 20.3 Å². The van der Waals surface area contributed by atoms with Gasteiger partial charge in [-0.1, -0.05) is 13.0 Å². The smallest absolute Gasteiger partial charge is 0.338 e. The summed E-state index contributed by atoms with van der Waals surface area (Å²) in [5.41, 5.74) is 1.15. The molecule has 0 saturated heterocycles. The second kappa shape index (κ2) is 8.66. The number of carbonyl (C=O) groups excluding carboxylic acids is 3. The first kappa shape index (κ1) is 17.5. The fourth-order valence-corrected chi connectivity index (χ4v) is 1.61. The largest absolute Gasteiger partial charge is 0.496 e. The van der Waals surface area contributed by atoms with Gasteiger partial charge in [0.05, 0.1) is 12.7 Å². The predicted octanol–water partition coefficient (Wildman–Crippen LogP) is 1.40. The van der Waals surface area contributed by atoms with Crippen molar-refractivity contribution < 1.29 is 23.9 Å². The van der Waals surface area contributed by atoms with Gasteiger partial charge in [0.25, 0.3) is 5.91 Å². The lowest BCUT2D eigenvalue weighted by Crippen LogP contribution is -2.41. The van der Waals surface area contributed by atoms with Gasteiger partial charge in [0.1, 0.15) is 5.75 Å². The lowest BCUT2D eigenvalue weighted by Gasteiger charge is -2.08. The van der Waals surface area contributed by atoms with Crippen LogP contribution < -0.4 is 15.4 Å². The Morgan fingerprint density at radius 2 is 1.95 bits per heavy atom. The number of imide groups is 1. The first-order chi connectivity index (χ1) is 10.5. The van der Waals surface area contributed by atoms with Crippen LogP contribution in [-0.2, 0) is 9.53 Å². The van der Waals surface area contributed by atoms with Gasteiger partial charge in [0.15, 0.2) is 6.61 Å². The molecule has 0 aromatic heterocycles. The van der Waals surface area contributed by atoms with E-state index in [4.69, 9.17) is 9.47 Å². The molecule has 0 bridgehead atoms. The van der Waals surface area contributed by atoms with E-state index in [1.807, 2.05) is 13.8 Å². The van der Waals surface area contributed by atoms with Gasteiger partial charge in [0, 0.05) is 6.54 Å². The molecule has 1 aromatic rings. The van der Waals surface area contributed by atoms with Gasteiger partial charge < -0.3 is 14.8 Å². The molecule has 120 valence electrons. The fraction of sp³-hybridized carbons (Fsp3) is 0.400. The number of hydrogen-bond acceptors (Lipinski definition) is 5. The molecule has 22 heavy (non-hydrogen) atoms. The van der Waals surface area contributed by atoms with Crippen molar-refractivity contribution in [2.75, 3.05) is 20.3 Å². The lowest BCUT2D eigenvalue weighted by atomic mass is 10.1. The number of aryl methyl sites for hydroxylation is 1. The maximum Gasteiger partial charge on any atom is 0.338 e. The normalized spacial score (nSPS) is 9.77. The van der Waals surface area contributed by atoms with E-state index in [-0.39, 0.29) is 5.56 Å². The molecule has 0 aliphatic carbocycles. The third-order valence-corrected chi connectivity index (χ3v) is 2.77. The molecular weight excluding hydrogens is 288 g/mol. The van der Waals surface area contributed by atoms with E-state index in [2.05, 4.69) is 10.6 Å². The SMILES string of the molecule is CCCNC(=O)NC(=O)COC(=O)c1ccc(C)c(OC)c1. The van der Waals surface area contributed by atoms with Gasteiger partial charge in [-0.3, -0.25) is 10.1 Å². The summed E-state index contributed by atoms with van der Waals surface area (Å²) in [7, 11) is 1.50. The first-order valence-electron chi connectivity index (χ1n) is 6.87. The van der Waals surface area contributed by atoms with Gasteiger partial charge in [-0.2, -0.15) is 0 Å². The molecule has 0 atom stereocenters. The number of esters is 1. The molecular formula is C15H20N2O5. The summed E-state index contributed by atoms with van der Waals surface area (Å²) < 4.78 is 9.96. The van der Waals surface area contributed by atoms with E-state index in [0.717, 1.165) is 12.0 Å². The van der Waals surface area contributed by atoms with Crippen molar-refractivity contribution >= 4 is 17.9 Å². The molecule has 0 heterocycles. The molecule has 1 rings (SSSR count). The molecule has 7 heteroatoms. The number of benzene rings is 1. The van der Waals surface area contributed by atoms with Crippen LogP contribution in [0.1, 0.15) is 29.3 Å². The van der Waals surface area contributed by atoms with Crippen molar-refractivity contribution in [1.29, 1.82) is 0 Å². The number of methoxy groups -OCH3 is 1. The average Bonchev–Trinajstić information content (AvgIpc) is 2.51. The third kappa shape index (κ3) is 5.43. The topological polar surface area (TPSA) is 93.7 Å². The standard InChI is InChI=1S/C15H20N2O5/c1-4-7-16-15(20)17-13(18)9-22-14(19)11-6-5-10(2)12(8-11)21-3/h5-6,8H,4,7,9H2,1-3H3,(H2,16,17,18,20). The molecule has 0 spiro atoms. The van der Waals surface area contributed by atoms with Crippen LogP contribution in [0.15, 0.2) is 18.2 Å². The summed E-state index contributed by atoms with van der Waals surface area (Å²) in [5.74, 6) is -0.804. The monoisotopic (exact) mass is 308 g/mol. The van der Waals surface area contributed by atoms with Crippen LogP contribution in [-0.4, -0.2) is 38.2 Å². The highest BCUT2D eigenvalue weighted by molar-refractivity contribution is 5.97. The summed E-state index contributed by atoms with van der Waals surface area (Å²) in [4.78, 5) is 34.5. The van der Waals surface area contributed by atoms with Crippen molar-refractivity contribution in [3.8, 4) is 5.75 Å². The summed E-state index contributed by atoms with van der Waals surface area (Å²) >= 11 is 0. The predicted molar refractivity (Wildman–Crippen MR) is 79.8 cm³/mol. The minimum atomic E-state index is -0.693. The summed E-state index contributed by atoms with van der Waals surface area (Å²) in [5, 5.41) is 4.54. The van der Waals surface area contributed by atoms with Gasteiger partial charge in [-0.15, -0.1) is 0 Å². The Morgan fingerprint density at radius 3 is 2.59 bits per heavy atom. The number of hydrogen-bond donors (Lipinski definition) is 2. The average molecular weight is 308 g/mol. The minimum Gasteiger partial charge on any atom is -0.496 e. The first-order valence-corrected chi connectivity index (χ1v) is 6.87. The second-order valence-electron chi connectivity index (χ2n) is 4.56.